The smallest absolute Gasteiger partial charge is 0.311 e. The van der Waals surface area contributed by atoms with Crippen molar-refractivity contribution < 1.29 is 18.3 Å². The first-order valence-electron chi connectivity index (χ1n) is 7.61. The normalized spacial score (nSPS) is 17.5. The van der Waals surface area contributed by atoms with E-state index in [1.54, 1.807) is 29.8 Å². The lowest BCUT2D eigenvalue weighted by molar-refractivity contribution is -0.139. The van der Waals surface area contributed by atoms with E-state index in [0.717, 1.165) is 10.6 Å². The van der Waals surface area contributed by atoms with Crippen molar-refractivity contribution in [3.8, 4) is 0 Å². The van der Waals surface area contributed by atoms with E-state index in [0.29, 0.717) is 17.7 Å². The fraction of sp³-hybridized carbons (Fsp3) is 0.375. The Balaban J connectivity index is 1.87. The molecule has 1 aromatic carbocycles. The molecule has 0 aliphatic carbocycles. The molecule has 2 aromatic rings. The lowest BCUT2D eigenvalue weighted by atomic mass is 9.91. The molecule has 1 aromatic heterocycles. The molecule has 3 rings (SSSR count). The molecule has 0 saturated carbocycles. The average molecular weight is 366 g/mol. The third-order valence-corrected chi connectivity index (χ3v) is 7.03. The summed E-state index contributed by atoms with van der Waals surface area (Å²) in [5.41, 5.74) is 3.62. The molecule has 1 aliphatic heterocycles. The van der Waals surface area contributed by atoms with Gasteiger partial charge in [0.25, 0.3) is 0 Å². The van der Waals surface area contributed by atoms with Gasteiger partial charge >= 0.3 is 5.97 Å². The van der Waals surface area contributed by atoms with Crippen LogP contribution in [0.4, 0.5) is 5.69 Å². The van der Waals surface area contributed by atoms with Crippen molar-refractivity contribution in [2.24, 2.45) is 0 Å². The van der Waals surface area contributed by atoms with Gasteiger partial charge in [-0.1, -0.05) is 18.2 Å². The molecule has 0 fully saturated rings. The Labute approximate surface area is 144 Å². The number of fused-ring (bicyclic) bond motifs is 1. The lowest BCUT2D eigenvalue weighted by Crippen LogP contribution is -2.39. The number of carboxylic acids is 1. The SMILES string of the molecule is Cc1ncsc1CCS(=O)(=O)N1CCC(C(=O)O)c2ccccc21. The van der Waals surface area contributed by atoms with E-state index in [1.165, 1.54) is 15.6 Å². The Morgan fingerprint density at radius 2 is 2.17 bits per heavy atom. The fourth-order valence-corrected chi connectivity index (χ4v) is 5.42. The van der Waals surface area contributed by atoms with Crippen molar-refractivity contribution in [2.75, 3.05) is 16.6 Å². The molecule has 8 heteroatoms. The second-order valence-electron chi connectivity index (χ2n) is 5.74. The maximum absolute atomic E-state index is 12.8. The zero-order valence-corrected chi connectivity index (χ0v) is 14.8. The van der Waals surface area contributed by atoms with Gasteiger partial charge in [-0.25, -0.2) is 13.4 Å². The van der Waals surface area contributed by atoms with E-state index in [9.17, 15) is 18.3 Å². The molecule has 0 amide bonds. The summed E-state index contributed by atoms with van der Waals surface area (Å²) >= 11 is 1.46. The largest absolute Gasteiger partial charge is 0.481 e. The van der Waals surface area contributed by atoms with Crippen molar-refractivity contribution in [3.63, 3.8) is 0 Å². The number of carbonyl (C=O) groups is 1. The summed E-state index contributed by atoms with van der Waals surface area (Å²) in [5.74, 6) is -1.58. The van der Waals surface area contributed by atoms with Crippen LogP contribution < -0.4 is 4.31 Å². The van der Waals surface area contributed by atoms with E-state index in [1.807, 2.05) is 6.92 Å². The number of benzene rings is 1. The van der Waals surface area contributed by atoms with Crippen LogP contribution in [0.1, 0.15) is 28.5 Å². The lowest BCUT2D eigenvalue weighted by Gasteiger charge is -2.33. The van der Waals surface area contributed by atoms with E-state index >= 15 is 0 Å². The molecular formula is C16H18N2O4S2. The number of hydrogen-bond donors (Lipinski definition) is 1. The van der Waals surface area contributed by atoms with Gasteiger partial charge in [-0.15, -0.1) is 11.3 Å². The number of aliphatic carboxylic acids is 1. The summed E-state index contributed by atoms with van der Waals surface area (Å²) in [6.45, 7) is 2.06. The number of aromatic nitrogens is 1. The predicted octanol–water partition coefficient (Wildman–Crippen LogP) is 2.40. The van der Waals surface area contributed by atoms with Gasteiger partial charge in [0.2, 0.25) is 10.0 Å². The molecule has 0 radical (unpaired) electrons. The van der Waals surface area contributed by atoms with Gasteiger partial charge in [0.15, 0.2) is 0 Å². The second-order valence-corrected chi connectivity index (χ2v) is 8.69. The minimum absolute atomic E-state index is 0.0118. The fourth-order valence-electron chi connectivity index (χ4n) is 2.98. The Morgan fingerprint density at radius 1 is 1.42 bits per heavy atom. The number of thiazole rings is 1. The Kier molecular flexibility index (Phi) is 4.60. The zero-order valence-electron chi connectivity index (χ0n) is 13.2. The molecule has 1 N–H and O–H groups in total. The first-order valence-corrected chi connectivity index (χ1v) is 10.1. The second kappa shape index (κ2) is 6.52. The van der Waals surface area contributed by atoms with Gasteiger partial charge in [0.1, 0.15) is 0 Å². The zero-order chi connectivity index (χ0) is 17.3. The molecule has 0 bridgehead atoms. The summed E-state index contributed by atoms with van der Waals surface area (Å²) in [4.78, 5) is 16.5. The summed E-state index contributed by atoms with van der Waals surface area (Å²) in [7, 11) is -3.52. The molecule has 6 nitrogen and oxygen atoms in total. The summed E-state index contributed by atoms with van der Waals surface area (Å²) < 4.78 is 26.9. The number of sulfonamides is 1. The van der Waals surface area contributed by atoms with Gasteiger partial charge in [0.05, 0.1) is 28.6 Å². The highest BCUT2D eigenvalue weighted by atomic mass is 32.2. The number of rotatable bonds is 5. The first-order chi connectivity index (χ1) is 11.4. The van der Waals surface area contributed by atoms with Crippen LogP contribution in [0, 0.1) is 6.92 Å². The van der Waals surface area contributed by atoms with E-state index in [2.05, 4.69) is 4.98 Å². The van der Waals surface area contributed by atoms with Crippen molar-refractivity contribution in [1.82, 2.24) is 4.98 Å². The van der Waals surface area contributed by atoms with E-state index in [-0.39, 0.29) is 18.7 Å². The Hall–Kier alpha value is -1.93. The van der Waals surface area contributed by atoms with Crippen LogP contribution in [-0.2, 0) is 21.2 Å². The highest BCUT2D eigenvalue weighted by molar-refractivity contribution is 7.92. The van der Waals surface area contributed by atoms with Crippen LogP contribution in [0.3, 0.4) is 0 Å². The molecule has 2 heterocycles. The van der Waals surface area contributed by atoms with E-state index in [4.69, 9.17) is 0 Å². The van der Waals surface area contributed by atoms with Crippen LogP contribution in [0.2, 0.25) is 0 Å². The molecule has 1 atom stereocenters. The number of carboxylic acid groups (broad SMARTS) is 1. The van der Waals surface area contributed by atoms with Crippen molar-refractivity contribution in [1.29, 1.82) is 0 Å². The molecule has 0 spiro atoms. The molecule has 1 aliphatic rings. The average Bonchev–Trinajstić information content (AvgIpc) is 2.97. The highest BCUT2D eigenvalue weighted by Crippen LogP contribution is 2.37. The highest BCUT2D eigenvalue weighted by Gasteiger charge is 2.34. The number of anilines is 1. The number of para-hydroxylation sites is 1. The van der Waals surface area contributed by atoms with Crippen LogP contribution in [-0.4, -0.2) is 36.8 Å². The van der Waals surface area contributed by atoms with Crippen LogP contribution >= 0.6 is 11.3 Å². The molecule has 128 valence electrons. The van der Waals surface area contributed by atoms with Gasteiger partial charge in [0, 0.05) is 11.4 Å². The Morgan fingerprint density at radius 3 is 2.83 bits per heavy atom. The van der Waals surface area contributed by atoms with Crippen molar-refractivity contribution in [2.45, 2.75) is 25.7 Å². The first kappa shape index (κ1) is 16.9. The molecule has 1 unspecified atom stereocenters. The van der Waals surface area contributed by atoms with Crippen molar-refractivity contribution >= 4 is 33.0 Å². The standard InChI is InChI=1S/C16H18N2O4S2/c1-11-15(23-10-17-11)7-9-24(21,22)18-8-6-13(16(19)20)12-4-2-3-5-14(12)18/h2-5,10,13H,6-9H2,1H3,(H,19,20). The maximum Gasteiger partial charge on any atom is 0.311 e. The van der Waals surface area contributed by atoms with Gasteiger partial charge in [-0.2, -0.15) is 0 Å². The molecular weight excluding hydrogens is 348 g/mol. The van der Waals surface area contributed by atoms with Crippen LogP contribution in [0.5, 0.6) is 0 Å². The van der Waals surface area contributed by atoms with Crippen molar-refractivity contribution in [3.05, 3.63) is 45.9 Å². The van der Waals surface area contributed by atoms with Crippen LogP contribution in [0.25, 0.3) is 0 Å². The molecule has 0 saturated heterocycles. The minimum atomic E-state index is -3.52. The van der Waals surface area contributed by atoms with E-state index < -0.39 is 21.9 Å². The number of nitrogens with zero attached hydrogens (tertiary/aromatic N) is 2. The number of hydrogen-bond acceptors (Lipinski definition) is 5. The van der Waals surface area contributed by atoms with Gasteiger partial charge in [-0.05, 0) is 31.4 Å². The predicted molar refractivity (Wildman–Crippen MR) is 93.1 cm³/mol. The quantitative estimate of drug-likeness (QED) is 0.878. The summed E-state index contributed by atoms with van der Waals surface area (Å²) in [5, 5.41) is 9.36. The maximum atomic E-state index is 12.8. The third kappa shape index (κ3) is 3.16. The Bertz CT molecular complexity index is 860. The number of aryl methyl sites for hydroxylation is 2. The third-order valence-electron chi connectivity index (χ3n) is 4.27. The summed E-state index contributed by atoms with van der Waals surface area (Å²) in [6.07, 6.45) is 0.699. The summed E-state index contributed by atoms with van der Waals surface area (Å²) in [6, 6.07) is 6.85. The molecule has 24 heavy (non-hydrogen) atoms. The van der Waals surface area contributed by atoms with Gasteiger partial charge in [-0.3, -0.25) is 9.10 Å². The monoisotopic (exact) mass is 366 g/mol. The van der Waals surface area contributed by atoms with Crippen LogP contribution in [0.15, 0.2) is 29.8 Å². The minimum Gasteiger partial charge on any atom is -0.481 e. The topological polar surface area (TPSA) is 87.6 Å². The van der Waals surface area contributed by atoms with Gasteiger partial charge < -0.3 is 5.11 Å².